The van der Waals surface area contributed by atoms with Gasteiger partial charge in [-0.1, -0.05) is 19.0 Å². The Bertz CT molecular complexity index is 531. The minimum absolute atomic E-state index is 0.201. The van der Waals surface area contributed by atoms with Gasteiger partial charge in [0.2, 0.25) is 11.7 Å². The van der Waals surface area contributed by atoms with Crippen molar-refractivity contribution in [3.05, 3.63) is 11.7 Å². The highest BCUT2D eigenvalue weighted by atomic mass is 16.5. The van der Waals surface area contributed by atoms with Gasteiger partial charge in [-0.05, 0) is 31.6 Å². The standard InChI is InChI=1S/C14H20N2O4/c1-13(2)8(9(13)11(17)18)10-15-12(16-20-10)14(3)6-4-5-7-19-14/h8-9H,4-7H2,1-3H3,(H,17,18). The second-order valence-electron chi connectivity index (χ2n) is 6.61. The zero-order valence-corrected chi connectivity index (χ0v) is 12.0. The van der Waals surface area contributed by atoms with Crippen molar-refractivity contribution in [2.24, 2.45) is 11.3 Å². The van der Waals surface area contributed by atoms with Gasteiger partial charge in [0.15, 0.2) is 0 Å². The molecule has 3 unspecified atom stereocenters. The van der Waals surface area contributed by atoms with Gasteiger partial charge in [-0.25, -0.2) is 0 Å². The van der Waals surface area contributed by atoms with Gasteiger partial charge in [0.1, 0.15) is 5.60 Å². The molecule has 0 radical (unpaired) electrons. The second-order valence-corrected chi connectivity index (χ2v) is 6.61. The number of rotatable bonds is 3. The number of ether oxygens (including phenoxy) is 1. The van der Waals surface area contributed by atoms with Crippen molar-refractivity contribution in [1.29, 1.82) is 0 Å². The van der Waals surface area contributed by atoms with E-state index in [1.807, 2.05) is 20.8 Å². The summed E-state index contributed by atoms with van der Waals surface area (Å²) in [6, 6.07) is 0. The first-order chi connectivity index (χ1) is 9.36. The molecule has 2 fully saturated rings. The van der Waals surface area contributed by atoms with Gasteiger partial charge in [-0.2, -0.15) is 4.98 Å². The van der Waals surface area contributed by atoms with Crippen molar-refractivity contribution in [1.82, 2.24) is 10.1 Å². The normalized spacial score (nSPS) is 35.8. The Morgan fingerprint density at radius 3 is 2.65 bits per heavy atom. The Kier molecular flexibility index (Phi) is 2.90. The van der Waals surface area contributed by atoms with Crippen LogP contribution in [0.2, 0.25) is 0 Å². The van der Waals surface area contributed by atoms with E-state index in [1.165, 1.54) is 0 Å². The maximum atomic E-state index is 11.2. The molecule has 3 rings (SSSR count). The van der Waals surface area contributed by atoms with Crippen LogP contribution in [0.1, 0.15) is 57.7 Å². The fraction of sp³-hybridized carbons (Fsp3) is 0.786. The van der Waals surface area contributed by atoms with E-state index in [1.54, 1.807) is 0 Å². The summed E-state index contributed by atoms with van der Waals surface area (Å²) >= 11 is 0. The monoisotopic (exact) mass is 280 g/mol. The Morgan fingerprint density at radius 1 is 1.35 bits per heavy atom. The molecule has 0 aromatic carbocycles. The molecule has 6 nitrogen and oxygen atoms in total. The van der Waals surface area contributed by atoms with Crippen molar-refractivity contribution < 1.29 is 19.2 Å². The van der Waals surface area contributed by atoms with Crippen LogP contribution in [-0.4, -0.2) is 27.8 Å². The van der Waals surface area contributed by atoms with E-state index in [-0.39, 0.29) is 11.3 Å². The molecule has 0 spiro atoms. The molecule has 1 aromatic rings. The number of carboxylic acid groups (broad SMARTS) is 1. The fourth-order valence-electron chi connectivity index (χ4n) is 3.25. The van der Waals surface area contributed by atoms with Crippen LogP contribution in [0.5, 0.6) is 0 Å². The minimum atomic E-state index is -0.806. The summed E-state index contributed by atoms with van der Waals surface area (Å²) in [5.74, 6) is -0.490. The molecule has 2 aliphatic rings. The van der Waals surface area contributed by atoms with Gasteiger partial charge in [0.25, 0.3) is 0 Å². The Hall–Kier alpha value is -1.43. The third kappa shape index (κ3) is 1.93. The van der Waals surface area contributed by atoms with E-state index in [0.29, 0.717) is 18.3 Å². The van der Waals surface area contributed by atoms with E-state index >= 15 is 0 Å². The van der Waals surface area contributed by atoms with Crippen molar-refractivity contribution in [3.8, 4) is 0 Å². The number of hydrogen-bond donors (Lipinski definition) is 1. The van der Waals surface area contributed by atoms with E-state index in [2.05, 4.69) is 10.1 Å². The lowest BCUT2D eigenvalue weighted by atomic mass is 9.95. The molecule has 1 saturated heterocycles. The molecule has 0 bridgehead atoms. The van der Waals surface area contributed by atoms with Gasteiger partial charge >= 0.3 is 5.97 Å². The van der Waals surface area contributed by atoms with Gasteiger partial charge in [0.05, 0.1) is 11.8 Å². The molecular formula is C14H20N2O4. The van der Waals surface area contributed by atoms with Crippen LogP contribution in [0.3, 0.4) is 0 Å². The third-order valence-corrected chi connectivity index (χ3v) is 4.74. The highest BCUT2D eigenvalue weighted by Gasteiger charge is 2.65. The highest BCUT2D eigenvalue weighted by molar-refractivity contribution is 5.77. The molecule has 6 heteroatoms. The largest absolute Gasteiger partial charge is 0.481 e. The van der Waals surface area contributed by atoms with Crippen LogP contribution in [-0.2, 0) is 15.1 Å². The lowest BCUT2D eigenvalue weighted by molar-refractivity contribution is -0.139. The predicted octanol–water partition coefficient (Wildman–Crippen LogP) is 2.31. The summed E-state index contributed by atoms with van der Waals surface area (Å²) in [7, 11) is 0. The summed E-state index contributed by atoms with van der Waals surface area (Å²) < 4.78 is 11.1. The van der Waals surface area contributed by atoms with Gasteiger partial charge < -0.3 is 14.4 Å². The second kappa shape index (κ2) is 4.28. The molecule has 1 aliphatic carbocycles. The van der Waals surface area contributed by atoms with Crippen LogP contribution in [0.25, 0.3) is 0 Å². The van der Waals surface area contributed by atoms with Crippen LogP contribution >= 0.6 is 0 Å². The van der Waals surface area contributed by atoms with E-state index in [4.69, 9.17) is 9.26 Å². The van der Waals surface area contributed by atoms with Gasteiger partial charge in [0, 0.05) is 6.61 Å². The Labute approximate surface area is 117 Å². The molecule has 1 saturated carbocycles. The van der Waals surface area contributed by atoms with Crippen LogP contribution in [0.15, 0.2) is 4.52 Å². The molecule has 2 heterocycles. The maximum Gasteiger partial charge on any atom is 0.307 e. The number of carboxylic acids is 1. The van der Waals surface area contributed by atoms with Crippen LogP contribution < -0.4 is 0 Å². The lowest BCUT2D eigenvalue weighted by Crippen LogP contribution is -2.31. The SMILES string of the molecule is CC1(c2noc(C3C(C(=O)O)C3(C)C)n2)CCCCO1. The van der Waals surface area contributed by atoms with Crippen molar-refractivity contribution >= 4 is 5.97 Å². The molecule has 0 amide bonds. The summed E-state index contributed by atoms with van der Waals surface area (Å²) in [5.41, 5.74) is -0.832. The molecule has 3 atom stereocenters. The fourth-order valence-corrected chi connectivity index (χ4v) is 3.25. The number of aromatic nitrogens is 2. The first-order valence-corrected chi connectivity index (χ1v) is 7.07. The van der Waals surface area contributed by atoms with Crippen LogP contribution in [0, 0.1) is 11.3 Å². The Morgan fingerprint density at radius 2 is 2.10 bits per heavy atom. The number of carbonyl (C=O) groups is 1. The average molecular weight is 280 g/mol. The zero-order chi connectivity index (χ0) is 14.5. The number of aliphatic carboxylic acids is 1. The Balaban J connectivity index is 1.83. The molecular weight excluding hydrogens is 260 g/mol. The molecule has 110 valence electrons. The van der Waals surface area contributed by atoms with E-state index in [0.717, 1.165) is 19.3 Å². The van der Waals surface area contributed by atoms with Crippen molar-refractivity contribution in [2.45, 2.75) is 51.6 Å². The molecule has 20 heavy (non-hydrogen) atoms. The number of hydrogen-bond acceptors (Lipinski definition) is 5. The predicted molar refractivity (Wildman–Crippen MR) is 69.1 cm³/mol. The zero-order valence-electron chi connectivity index (χ0n) is 12.0. The molecule has 1 aromatic heterocycles. The van der Waals surface area contributed by atoms with Gasteiger partial charge in [-0.3, -0.25) is 4.79 Å². The first kappa shape index (κ1) is 13.5. The van der Waals surface area contributed by atoms with E-state index < -0.39 is 17.5 Å². The maximum absolute atomic E-state index is 11.2. The third-order valence-electron chi connectivity index (χ3n) is 4.74. The number of nitrogens with zero attached hydrogens (tertiary/aromatic N) is 2. The topological polar surface area (TPSA) is 85.5 Å². The summed E-state index contributed by atoms with van der Waals surface area (Å²) in [5, 5.41) is 13.2. The summed E-state index contributed by atoms with van der Waals surface area (Å²) in [4.78, 5) is 15.6. The molecule has 1 aliphatic heterocycles. The summed E-state index contributed by atoms with van der Waals surface area (Å²) in [6.07, 6.45) is 2.99. The quantitative estimate of drug-likeness (QED) is 0.914. The lowest BCUT2D eigenvalue weighted by Gasteiger charge is -2.30. The van der Waals surface area contributed by atoms with Crippen molar-refractivity contribution in [3.63, 3.8) is 0 Å². The average Bonchev–Trinajstić information content (AvgIpc) is 2.76. The first-order valence-electron chi connectivity index (χ1n) is 7.07. The van der Waals surface area contributed by atoms with Crippen molar-refractivity contribution in [2.75, 3.05) is 6.61 Å². The highest BCUT2D eigenvalue weighted by Crippen LogP contribution is 2.64. The van der Waals surface area contributed by atoms with Gasteiger partial charge in [-0.15, -0.1) is 0 Å². The summed E-state index contributed by atoms with van der Waals surface area (Å²) in [6.45, 7) is 6.50. The van der Waals surface area contributed by atoms with E-state index in [9.17, 15) is 9.90 Å². The van der Waals surface area contributed by atoms with Crippen LogP contribution in [0.4, 0.5) is 0 Å². The molecule has 1 N–H and O–H groups in total. The minimum Gasteiger partial charge on any atom is -0.481 e. The smallest absolute Gasteiger partial charge is 0.307 e.